The van der Waals surface area contributed by atoms with E-state index in [4.69, 9.17) is 11.6 Å². The minimum Gasteiger partial charge on any atom is -0.319 e. The van der Waals surface area contributed by atoms with E-state index in [-0.39, 0.29) is 16.3 Å². The summed E-state index contributed by atoms with van der Waals surface area (Å²) in [7, 11) is 0. The lowest BCUT2D eigenvalue weighted by molar-refractivity contribution is -0.385. The lowest BCUT2D eigenvalue weighted by atomic mass is 10.1. The van der Waals surface area contributed by atoms with Crippen molar-refractivity contribution < 1.29 is 24.2 Å². The molecule has 0 atom stereocenters. The van der Waals surface area contributed by atoms with Crippen LogP contribution in [-0.2, 0) is 4.79 Å². The first-order chi connectivity index (χ1) is 13.2. The van der Waals surface area contributed by atoms with E-state index in [1.807, 2.05) is 0 Å². The van der Waals surface area contributed by atoms with Crippen molar-refractivity contribution in [3.8, 4) is 0 Å². The Morgan fingerprint density at radius 1 is 1.04 bits per heavy atom. The number of amides is 3. The smallest absolute Gasteiger partial charge is 0.294 e. The predicted octanol–water partition coefficient (Wildman–Crippen LogP) is 2.39. The minimum atomic E-state index is -0.993. The average Bonchev–Trinajstić information content (AvgIpc) is 2.88. The van der Waals surface area contributed by atoms with Crippen molar-refractivity contribution in [3.05, 3.63) is 72.8 Å². The molecule has 0 spiro atoms. The number of nitro groups is 2. The molecule has 0 unspecified atom stereocenters. The number of anilines is 1. The third kappa shape index (κ3) is 3.25. The van der Waals surface area contributed by atoms with Gasteiger partial charge in [0.25, 0.3) is 23.2 Å². The molecule has 0 saturated heterocycles. The Hall–Kier alpha value is -3.86. The highest BCUT2D eigenvalue weighted by Crippen LogP contribution is 2.31. The van der Waals surface area contributed by atoms with Crippen molar-refractivity contribution in [2.45, 2.75) is 0 Å². The first-order valence-electron chi connectivity index (χ1n) is 7.58. The molecule has 1 aliphatic rings. The maximum Gasteiger partial charge on any atom is 0.294 e. The number of nitrogens with zero attached hydrogens (tertiary/aromatic N) is 3. The highest BCUT2D eigenvalue weighted by Gasteiger charge is 2.41. The highest BCUT2D eigenvalue weighted by atomic mass is 35.5. The van der Waals surface area contributed by atoms with Gasteiger partial charge in [-0.05, 0) is 18.2 Å². The molecule has 2 aromatic carbocycles. The number of nitro benzene ring substituents is 2. The van der Waals surface area contributed by atoms with Gasteiger partial charge >= 0.3 is 0 Å². The van der Waals surface area contributed by atoms with Gasteiger partial charge < -0.3 is 5.32 Å². The molecule has 0 aromatic heterocycles. The Bertz CT molecular complexity index is 1070. The first kappa shape index (κ1) is 18.9. The van der Waals surface area contributed by atoms with Crippen molar-refractivity contribution in [2.24, 2.45) is 0 Å². The first-order valence-corrected chi connectivity index (χ1v) is 7.96. The van der Waals surface area contributed by atoms with Gasteiger partial charge in [0.15, 0.2) is 0 Å². The van der Waals surface area contributed by atoms with Crippen molar-refractivity contribution in [1.82, 2.24) is 4.90 Å². The van der Waals surface area contributed by atoms with Crippen LogP contribution in [0, 0.1) is 20.2 Å². The van der Waals surface area contributed by atoms with E-state index in [2.05, 4.69) is 5.32 Å². The van der Waals surface area contributed by atoms with Crippen LogP contribution in [0.15, 0.2) is 36.4 Å². The molecule has 12 heteroatoms. The van der Waals surface area contributed by atoms with Crippen LogP contribution in [-0.4, -0.2) is 39.0 Å². The average molecular weight is 405 g/mol. The molecule has 0 fully saturated rings. The van der Waals surface area contributed by atoms with Gasteiger partial charge in [-0.3, -0.25) is 39.5 Å². The molecule has 0 bridgehead atoms. The topological polar surface area (TPSA) is 153 Å². The number of carbonyl (C=O) groups excluding carboxylic acids is 3. The van der Waals surface area contributed by atoms with Crippen molar-refractivity contribution in [3.63, 3.8) is 0 Å². The van der Waals surface area contributed by atoms with E-state index in [0.29, 0.717) is 4.90 Å². The lowest BCUT2D eigenvalue weighted by Gasteiger charge is -2.13. The number of hydrogen-bond donors (Lipinski definition) is 1. The molecule has 3 amide bonds. The number of imide groups is 1. The van der Waals surface area contributed by atoms with Crippen LogP contribution in [0.25, 0.3) is 0 Å². The van der Waals surface area contributed by atoms with E-state index in [9.17, 15) is 34.6 Å². The third-order valence-corrected chi connectivity index (χ3v) is 4.14. The standard InChI is InChI=1S/C16H9ClN4O7/c17-8-4-5-10(12(6-8)21(27)28)18-13(22)7-19-15(23)9-2-1-3-11(20(25)26)14(9)16(19)24/h1-6H,7H2,(H,18,22). The maximum absolute atomic E-state index is 12.4. The fraction of sp³-hybridized carbons (Fsp3) is 0.0625. The Morgan fingerprint density at radius 2 is 1.71 bits per heavy atom. The van der Waals surface area contributed by atoms with E-state index >= 15 is 0 Å². The molecule has 1 aliphatic heterocycles. The Labute approximate surface area is 160 Å². The number of carbonyl (C=O) groups is 3. The molecule has 0 radical (unpaired) electrons. The van der Waals surface area contributed by atoms with Crippen molar-refractivity contribution >= 4 is 46.4 Å². The molecular weight excluding hydrogens is 396 g/mol. The maximum atomic E-state index is 12.4. The number of fused-ring (bicyclic) bond motifs is 1. The summed E-state index contributed by atoms with van der Waals surface area (Å²) in [5, 5.41) is 24.5. The predicted molar refractivity (Wildman–Crippen MR) is 95.2 cm³/mol. The summed E-state index contributed by atoms with van der Waals surface area (Å²) in [5.74, 6) is -2.76. The zero-order valence-corrected chi connectivity index (χ0v) is 14.5. The van der Waals surface area contributed by atoms with Gasteiger partial charge in [-0.15, -0.1) is 0 Å². The summed E-state index contributed by atoms with van der Waals surface area (Å²) in [6, 6.07) is 7.11. The largest absolute Gasteiger partial charge is 0.319 e. The van der Waals surface area contributed by atoms with Gasteiger partial charge in [0, 0.05) is 17.2 Å². The summed E-state index contributed by atoms with van der Waals surface area (Å²) < 4.78 is 0. The quantitative estimate of drug-likeness (QED) is 0.456. The molecule has 28 heavy (non-hydrogen) atoms. The van der Waals surface area contributed by atoms with Crippen LogP contribution in [0.1, 0.15) is 20.7 Å². The molecule has 11 nitrogen and oxygen atoms in total. The molecule has 1 heterocycles. The summed E-state index contributed by atoms with van der Waals surface area (Å²) in [4.78, 5) is 58.2. The summed E-state index contributed by atoms with van der Waals surface area (Å²) in [6.07, 6.45) is 0. The second-order valence-corrected chi connectivity index (χ2v) is 6.06. The second kappa shape index (κ2) is 7.04. The van der Waals surface area contributed by atoms with Crippen LogP contribution in [0.2, 0.25) is 5.02 Å². The van der Waals surface area contributed by atoms with Crippen LogP contribution >= 0.6 is 11.6 Å². The fourth-order valence-electron chi connectivity index (χ4n) is 2.71. The van der Waals surface area contributed by atoms with Crippen LogP contribution < -0.4 is 5.32 Å². The van der Waals surface area contributed by atoms with E-state index < -0.39 is 51.1 Å². The summed E-state index contributed by atoms with van der Waals surface area (Å²) in [6.45, 7) is -0.775. The highest BCUT2D eigenvalue weighted by molar-refractivity contribution is 6.31. The number of nitrogens with one attached hydrogen (secondary N) is 1. The fourth-order valence-corrected chi connectivity index (χ4v) is 2.87. The molecular formula is C16H9ClN4O7. The number of hydrogen-bond acceptors (Lipinski definition) is 7. The molecule has 1 N–H and O–H groups in total. The number of rotatable bonds is 5. The van der Waals surface area contributed by atoms with Gasteiger partial charge in [-0.25, -0.2) is 0 Å². The summed E-state index contributed by atoms with van der Waals surface area (Å²) >= 11 is 5.70. The zero-order chi connectivity index (χ0) is 20.6. The minimum absolute atomic E-state index is 0.0809. The van der Waals surface area contributed by atoms with Crippen molar-refractivity contribution in [2.75, 3.05) is 11.9 Å². The zero-order valence-electron chi connectivity index (χ0n) is 13.7. The van der Waals surface area contributed by atoms with E-state index in [1.165, 1.54) is 24.3 Å². The normalized spacial score (nSPS) is 12.7. The van der Waals surface area contributed by atoms with Crippen molar-refractivity contribution in [1.29, 1.82) is 0 Å². The molecule has 0 saturated carbocycles. The Kier molecular flexibility index (Phi) is 4.76. The number of benzene rings is 2. The summed E-state index contributed by atoms with van der Waals surface area (Å²) in [5.41, 5.74) is -1.79. The monoisotopic (exact) mass is 404 g/mol. The van der Waals surface area contributed by atoms with Crippen LogP contribution in [0.3, 0.4) is 0 Å². The van der Waals surface area contributed by atoms with Gasteiger partial charge in [0.2, 0.25) is 5.91 Å². The van der Waals surface area contributed by atoms with Crippen LogP contribution in [0.4, 0.5) is 17.1 Å². The van der Waals surface area contributed by atoms with Crippen LogP contribution in [0.5, 0.6) is 0 Å². The SMILES string of the molecule is O=C(CN1C(=O)c2cccc([N+](=O)[O-])c2C1=O)Nc1ccc(Cl)cc1[N+](=O)[O-]. The van der Waals surface area contributed by atoms with Gasteiger partial charge in [-0.2, -0.15) is 0 Å². The molecule has 2 aromatic rings. The molecule has 142 valence electrons. The van der Waals surface area contributed by atoms with Gasteiger partial charge in [0.1, 0.15) is 17.8 Å². The van der Waals surface area contributed by atoms with Gasteiger partial charge in [-0.1, -0.05) is 17.7 Å². The number of halogens is 1. The lowest BCUT2D eigenvalue weighted by Crippen LogP contribution is -2.37. The third-order valence-electron chi connectivity index (χ3n) is 3.91. The molecule has 3 rings (SSSR count). The Morgan fingerprint density at radius 3 is 2.36 bits per heavy atom. The second-order valence-electron chi connectivity index (χ2n) is 5.62. The van der Waals surface area contributed by atoms with E-state index in [0.717, 1.165) is 12.1 Å². The molecule has 0 aliphatic carbocycles. The Balaban J connectivity index is 1.84. The van der Waals surface area contributed by atoms with E-state index in [1.54, 1.807) is 0 Å². The van der Waals surface area contributed by atoms with Gasteiger partial charge in [0.05, 0.1) is 15.4 Å².